The number of aliphatic hydroxyl groups excluding tert-OH is 2. The molecule has 2 atom stereocenters. The third-order valence-electron chi connectivity index (χ3n) is 5.11. The van der Waals surface area contributed by atoms with Gasteiger partial charge in [-0.15, -0.1) is 0 Å². The van der Waals surface area contributed by atoms with Crippen LogP contribution in [0.4, 0.5) is 0 Å². The Labute approximate surface area is 151 Å². The van der Waals surface area contributed by atoms with Gasteiger partial charge in [0, 0.05) is 25.8 Å². The van der Waals surface area contributed by atoms with E-state index in [0.29, 0.717) is 25.8 Å². The number of methoxy groups -OCH3 is 1. The van der Waals surface area contributed by atoms with E-state index in [4.69, 9.17) is 0 Å². The number of nitrogens with zero attached hydrogens (tertiary/aromatic N) is 1. The van der Waals surface area contributed by atoms with Gasteiger partial charge in [-0.05, 0) is 19.8 Å². The van der Waals surface area contributed by atoms with Gasteiger partial charge in [-0.3, -0.25) is 9.59 Å². The third-order valence-corrected chi connectivity index (χ3v) is 5.11. The van der Waals surface area contributed by atoms with Crippen molar-refractivity contribution in [1.29, 1.82) is 0 Å². The van der Waals surface area contributed by atoms with Crippen LogP contribution in [0, 0.1) is 0 Å². The van der Waals surface area contributed by atoms with E-state index >= 15 is 0 Å². The smallest absolute Gasteiger partial charge is 0.305 e. The highest BCUT2D eigenvalue weighted by atomic mass is 16.5. The summed E-state index contributed by atoms with van der Waals surface area (Å²) in [5.41, 5.74) is -0.610. The maximum Gasteiger partial charge on any atom is 0.305 e. The molecule has 1 unspecified atom stereocenters. The lowest BCUT2D eigenvalue weighted by molar-refractivity contribution is -0.140. The van der Waals surface area contributed by atoms with Gasteiger partial charge in [-0.1, -0.05) is 38.5 Å². The SMILES string of the molecule is COC(=O)CCCCCCCCCCC(=O)N1CC(O)C[C@@]1(C)CO. The predicted octanol–water partition coefficient (Wildman–Crippen LogP) is 2.40. The summed E-state index contributed by atoms with van der Waals surface area (Å²) >= 11 is 0. The zero-order chi connectivity index (χ0) is 18.7. The number of rotatable bonds is 12. The van der Waals surface area contributed by atoms with E-state index in [1.807, 2.05) is 6.92 Å². The molecule has 1 aliphatic heterocycles. The van der Waals surface area contributed by atoms with Crippen LogP contribution in [0.25, 0.3) is 0 Å². The van der Waals surface area contributed by atoms with Crippen LogP contribution in [0.2, 0.25) is 0 Å². The highest BCUT2D eigenvalue weighted by Crippen LogP contribution is 2.29. The topological polar surface area (TPSA) is 87.1 Å². The first-order valence-electron chi connectivity index (χ1n) is 9.59. The molecular weight excluding hydrogens is 322 g/mol. The molecule has 25 heavy (non-hydrogen) atoms. The predicted molar refractivity (Wildman–Crippen MR) is 96.0 cm³/mol. The van der Waals surface area contributed by atoms with E-state index in [-0.39, 0.29) is 18.5 Å². The number of likely N-dealkylation sites (tertiary alicyclic amines) is 1. The molecule has 2 N–H and O–H groups in total. The molecule has 0 saturated carbocycles. The van der Waals surface area contributed by atoms with Crippen LogP contribution in [-0.4, -0.2) is 58.9 Å². The minimum absolute atomic E-state index is 0.0379. The molecule has 1 heterocycles. The first-order valence-corrected chi connectivity index (χ1v) is 9.59. The second-order valence-corrected chi connectivity index (χ2v) is 7.42. The summed E-state index contributed by atoms with van der Waals surface area (Å²) in [5.74, 6) is -0.0941. The Hall–Kier alpha value is -1.14. The Kier molecular flexibility index (Phi) is 10.0. The summed E-state index contributed by atoms with van der Waals surface area (Å²) in [7, 11) is 1.42. The average molecular weight is 357 g/mol. The number of carbonyl (C=O) groups is 2. The molecule has 6 nitrogen and oxygen atoms in total. The lowest BCUT2D eigenvalue weighted by Crippen LogP contribution is -2.47. The normalized spacial score (nSPS) is 23.0. The second kappa shape index (κ2) is 11.5. The maximum atomic E-state index is 12.3. The molecule has 1 rings (SSSR count). The van der Waals surface area contributed by atoms with Crippen LogP contribution in [0.15, 0.2) is 0 Å². The molecule has 1 amide bonds. The van der Waals surface area contributed by atoms with Gasteiger partial charge in [0.15, 0.2) is 0 Å². The molecule has 0 spiro atoms. The Morgan fingerprint density at radius 1 is 1.04 bits per heavy atom. The number of amides is 1. The molecule has 0 radical (unpaired) electrons. The van der Waals surface area contributed by atoms with Crippen molar-refractivity contribution in [2.45, 2.75) is 89.2 Å². The summed E-state index contributed by atoms with van der Waals surface area (Å²) in [4.78, 5) is 24.9. The monoisotopic (exact) mass is 357 g/mol. The Balaban J connectivity index is 2.02. The van der Waals surface area contributed by atoms with Gasteiger partial charge in [-0.2, -0.15) is 0 Å². The van der Waals surface area contributed by atoms with Crippen molar-refractivity contribution in [2.75, 3.05) is 20.3 Å². The van der Waals surface area contributed by atoms with Crippen LogP contribution < -0.4 is 0 Å². The number of β-amino-alcohol motifs (C(OH)–C–C–N with tert-alkyl or cyclic N) is 1. The molecule has 1 fully saturated rings. The number of hydrogen-bond donors (Lipinski definition) is 2. The zero-order valence-electron chi connectivity index (χ0n) is 15.8. The van der Waals surface area contributed by atoms with Gasteiger partial charge in [0.2, 0.25) is 5.91 Å². The van der Waals surface area contributed by atoms with E-state index in [0.717, 1.165) is 51.4 Å². The first kappa shape index (κ1) is 21.9. The van der Waals surface area contributed by atoms with Crippen molar-refractivity contribution in [3.8, 4) is 0 Å². The van der Waals surface area contributed by atoms with Gasteiger partial charge < -0.3 is 19.8 Å². The molecule has 6 heteroatoms. The van der Waals surface area contributed by atoms with Crippen LogP contribution in [0.3, 0.4) is 0 Å². The van der Waals surface area contributed by atoms with Crippen molar-refractivity contribution in [3.63, 3.8) is 0 Å². The fraction of sp³-hybridized carbons (Fsp3) is 0.895. The molecule has 1 aliphatic rings. The molecule has 0 aliphatic carbocycles. The lowest BCUT2D eigenvalue weighted by atomic mass is 9.99. The number of ether oxygens (including phenoxy) is 1. The zero-order valence-corrected chi connectivity index (χ0v) is 15.8. The fourth-order valence-electron chi connectivity index (χ4n) is 3.51. The minimum atomic E-state index is -0.610. The van der Waals surface area contributed by atoms with Crippen molar-refractivity contribution in [1.82, 2.24) is 4.90 Å². The third kappa shape index (κ3) is 7.74. The standard InChI is InChI=1S/C19H35NO5/c1-19(15-21)13-16(22)14-20(19)17(23)11-9-7-5-3-4-6-8-10-12-18(24)25-2/h16,21-22H,3-15H2,1-2H3/t16?,19-/m0/s1. The number of hydrogen-bond acceptors (Lipinski definition) is 5. The molecule has 0 aromatic heterocycles. The fourth-order valence-corrected chi connectivity index (χ4v) is 3.51. The van der Waals surface area contributed by atoms with Crippen molar-refractivity contribution in [2.24, 2.45) is 0 Å². The summed E-state index contributed by atoms with van der Waals surface area (Å²) in [6.07, 6.45) is 9.33. The molecule has 1 saturated heterocycles. The van der Waals surface area contributed by atoms with E-state index in [1.165, 1.54) is 7.11 Å². The molecular formula is C19H35NO5. The number of aliphatic hydroxyl groups is 2. The minimum Gasteiger partial charge on any atom is -0.469 e. The van der Waals surface area contributed by atoms with E-state index in [2.05, 4.69) is 4.74 Å². The molecule has 0 aromatic carbocycles. The average Bonchev–Trinajstić information content (AvgIpc) is 2.91. The van der Waals surface area contributed by atoms with E-state index in [9.17, 15) is 19.8 Å². The van der Waals surface area contributed by atoms with E-state index < -0.39 is 11.6 Å². The summed E-state index contributed by atoms with van der Waals surface area (Å²) in [6.45, 7) is 2.06. The van der Waals surface area contributed by atoms with Gasteiger partial charge in [-0.25, -0.2) is 0 Å². The highest BCUT2D eigenvalue weighted by Gasteiger charge is 2.43. The van der Waals surface area contributed by atoms with Crippen LogP contribution in [0.5, 0.6) is 0 Å². The Morgan fingerprint density at radius 2 is 1.56 bits per heavy atom. The van der Waals surface area contributed by atoms with Crippen molar-refractivity contribution in [3.05, 3.63) is 0 Å². The molecule has 0 aromatic rings. The summed E-state index contributed by atoms with van der Waals surface area (Å²) in [6, 6.07) is 0. The number of unbranched alkanes of at least 4 members (excludes halogenated alkanes) is 7. The molecule has 146 valence electrons. The Morgan fingerprint density at radius 3 is 2.08 bits per heavy atom. The number of carbonyl (C=O) groups excluding carboxylic acids is 2. The maximum absolute atomic E-state index is 12.3. The van der Waals surface area contributed by atoms with Crippen molar-refractivity contribution < 1.29 is 24.5 Å². The quantitative estimate of drug-likeness (QED) is 0.414. The van der Waals surface area contributed by atoms with Gasteiger partial charge in [0.1, 0.15) is 0 Å². The van der Waals surface area contributed by atoms with Crippen LogP contribution in [0.1, 0.15) is 77.6 Å². The highest BCUT2D eigenvalue weighted by molar-refractivity contribution is 5.77. The second-order valence-electron chi connectivity index (χ2n) is 7.42. The van der Waals surface area contributed by atoms with Gasteiger partial charge >= 0.3 is 5.97 Å². The van der Waals surface area contributed by atoms with Gasteiger partial charge in [0.25, 0.3) is 0 Å². The lowest BCUT2D eigenvalue weighted by Gasteiger charge is -2.33. The number of esters is 1. The summed E-state index contributed by atoms with van der Waals surface area (Å²) < 4.78 is 4.61. The largest absolute Gasteiger partial charge is 0.469 e. The van der Waals surface area contributed by atoms with E-state index in [1.54, 1.807) is 4.90 Å². The van der Waals surface area contributed by atoms with Crippen molar-refractivity contribution >= 4 is 11.9 Å². The molecule has 0 bridgehead atoms. The summed E-state index contributed by atoms with van der Waals surface area (Å²) in [5, 5.41) is 19.3. The van der Waals surface area contributed by atoms with Crippen LogP contribution >= 0.6 is 0 Å². The first-order chi connectivity index (χ1) is 11.9. The Bertz CT molecular complexity index is 415. The van der Waals surface area contributed by atoms with Crippen LogP contribution in [-0.2, 0) is 14.3 Å². The van der Waals surface area contributed by atoms with Gasteiger partial charge in [0.05, 0.1) is 25.4 Å².